The number of carbonyl (C=O) groups excluding carboxylic acids is 3. The zero-order valence-corrected chi connectivity index (χ0v) is 18.2. The third-order valence-corrected chi connectivity index (χ3v) is 6.45. The number of hydrogen-bond acceptors (Lipinski definition) is 6. The van der Waals surface area contributed by atoms with Gasteiger partial charge in [0, 0.05) is 6.54 Å². The minimum atomic E-state index is -4.84. The summed E-state index contributed by atoms with van der Waals surface area (Å²) in [5, 5.41) is 9.00. The highest BCUT2D eigenvalue weighted by Gasteiger charge is 2.63. The van der Waals surface area contributed by atoms with Crippen LogP contribution in [-0.4, -0.2) is 59.6 Å². The predicted molar refractivity (Wildman–Crippen MR) is 113 cm³/mol. The molecule has 12 heteroatoms. The first-order chi connectivity index (χ1) is 16.6. The number of carbonyl (C=O) groups is 3. The largest absolute Gasteiger partial charge is 0.497 e. The molecule has 3 aliphatic heterocycles. The normalized spacial score (nSPS) is 22.9. The minimum Gasteiger partial charge on any atom is -0.497 e. The van der Waals surface area contributed by atoms with E-state index in [4.69, 9.17) is 14.7 Å². The number of nitrogens with zero attached hydrogens (tertiary/aromatic N) is 4. The number of hydrogen-bond donors (Lipinski definition) is 0. The van der Waals surface area contributed by atoms with Crippen LogP contribution < -0.4 is 14.4 Å². The van der Waals surface area contributed by atoms with E-state index in [2.05, 4.69) is 0 Å². The Morgan fingerprint density at radius 1 is 1.11 bits per heavy atom. The lowest BCUT2D eigenvalue weighted by Crippen LogP contribution is -2.55. The Hall–Kier alpha value is -4.27. The van der Waals surface area contributed by atoms with Gasteiger partial charge in [0.1, 0.15) is 17.5 Å². The minimum absolute atomic E-state index is 0.129. The molecule has 3 atom stereocenters. The molecule has 1 unspecified atom stereocenters. The van der Waals surface area contributed by atoms with Gasteiger partial charge in [0.25, 0.3) is 5.91 Å². The molecule has 0 N–H and O–H groups in total. The van der Waals surface area contributed by atoms with E-state index in [1.165, 1.54) is 23.0 Å². The fourth-order valence-corrected chi connectivity index (χ4v) is 4.91. The molecule has 2 aromatic rings. The number of imide groups is 1. The first-order valence-corrected chi connectivity index (χ1v) is 10.5. The van der Waals surface area contributed by atoms with Crippen molar-refractivity contribution in [1.82, 2.24) is 9.80 Å². The van der Waals surface area contributed by atoms with Crippen LogP contribution in [0.5, 0.6) is 11.5 Å². The van der Waals surface area contributed by atoms with Crippen LogP contribution in [0.2, 0.25) is 0 Å². The molecular formula is C23H17F3N4O5. The van der Waals surface area contributed by atoms with Crippen LogP contribution in [0.25, 0.3) is 0 Å². The van der Waals surface area contributed by atoms with Gasteiger partial charge >= 0.3 is 18.3 Å². The second-order valence-corrected chi connectivity index (χ2v) is 8.30. The molecule has 0 aliphatic carbocycles. The Morgan fingerprint density at radius 2 is 1.80 bits per heavy atom. The van der Waals surface area contributed by atoms with Gasteiger partial charge in [-0.1, -0.05) is 0 Å². The number of urea groups is 1. The van der Waals surface area contributed by atoms with Gasteiger partial charge < -0.3 is 19.3 Å². The van der Waals surface area contributed by atoms with Gasteiger partial charge in [-0.15, -0.1) is 0 Å². The molecule has 3 saturated heterocycles. The van der Waals surface area contributed by atoms with Crippen LogP contribution in [0.3, 0.4) is 0 Å². The van der Waals surface area contributed by atoms with E-state index in [0.29, 0.717) is 23.1 Å². The zero-order chi connectivity index (χ0) is 25.1. The number of alkyl halides is 3. The number of anilines is 1. The number of halogens is 3. The fraction of sp³-hybridized carbons (Fsp3) is 0.304. The van der Waals surface area contributed by atoms with Gasteiger partial charge in [-0.3, -0.25) is 4.79 Å². The molecule has 3 fully saturated rings. The molecule has 2 bridgehead atoms. The molecule has 2 aromatic carbocycles. The van der Waals surface area contributed by atoms with Crippen molar-refractivity contribution in [3.8, 4) is 17.6 Å². The van der Waals surface area contributed by atoms with Crippen molar-refractivity contribution in [2.45, 2.75) is 30.7 Å². The summed E-state index contributed by atoms with van der Waals surface area (Å²) >= 11 is 0. The van der Waals surface area contributed by atoms with Crippen molar-refractivity contribution in [2.24, 2.45) is 0 Å². The Morgan fingerprint density at radius 3 is 2.43 bits per heavy atom. The van der Waals surface area contributed by atoms with Crippen LogP contribution >= 0.6 is 0 Å². The highest BCUT2D eigenvalue weighted by atomic mass is 19.4. The summed E-state index contributed by atoms with van der Waals surface area (Å²) in [5.41, 5.74) is -2.14. The van der Waals surface area contributed by atoms with Crippen molar-refractivity contribution >= 4 is 23.7 Å². The molecule has 3 heterocycles. The highest BCUT2D eigenvalue weighted by Crippen LogP contribution is 2.43. The molecule has 3 aliphatic rings. The Bertz CT molecular complexity index is 1270. The quantitative estimate of drug-likeness (QED) is 0.617. The lowest BCUT2D eigenvalue weighted by Gasteiger charge is -2.34. The summed E-state index contributed by atoms with van der Waals surface area (Å²) < 4.78 is 50.7. The second-order valence-electron chi connectivity index (χ2n) is 8.30. The van der Waals surface area contributed by atoms with Crippen molar-refractivity contribution in [3.63, 3.8) is 0 Å². The van der Waals surface area contributed by atoms with Gasteiger partial charge in [0.2, 0.25) is 0 Å². The van der Waals surface area contributed by atoms with Crippen molar-refractivity contribution in [2.75, 3.05) is 18.6 Å². The van der Waals surface area contributed by atoms with E-state index in [9.17, 15) is 27.6 Å². The Balaban J connectivity index is 1.38. The fourth-order valence-electron chi connectivity index (χ4n) is 4.91. The maximum absolute atomic E-state index is 13.4. The van der Waals surface area contributed by atoms with Crippen molar-refractivity contribution in [3.05, 3.63) is 53.6 Å². The zero-order valence-electron chi connectivity index (χ0n) is 18.2. The number of rotatable bonds is 3. The van der Waals surface area contributed by atoms with Crippen LogP contribution in [-0.2, 0) is 11.0 Å². The summed E-state index contributed by atoms with van der Waals surface area (Å²) in [4.78, 5) is 42.5. The number of fused-ring (bicyclic) bond motifs is 5. The van der Waals surface area contributed by atoms with E-state index in [1.54, 1.807) is 24.3 Å². The van der Waals surface area contributed by atoms with E-state index < -0.39 is 53.5 Å². The monoisotopic (exact) mass is 486 g/mol. The Labute approximate surface area is 196 Å². The van der Waals surface area contributed by atoms with Gasteiger partial charge in [0.15, 0.2) is 0 Å². The van der Waals surface area contributed by atoms with Crippen LogP contribution in [0.4, 0.5) is 28.4 Å². The maximum Gasteiger partial charge on any atom is 0.417 e. The van der Waals surface area contributed by atoms with E-state index in [1.807, 2.05) is 0 Å². The lowest BCUT2D eigenvalue weighted by molar-refractivity contribution is -0.137. The van der Waals surface area contributed by atoms with Crippen LogP contribution in [0.15, 0.2) is 42.5 Å². The molecule has 0 spiro atoms. The number of benzene rings is 2. The maximum atomic E-state index is 13.4. The van der Waals surface area contributed by atoms with Crippen molar-refractivity contribution < 1.29 is 37.0 Å². The summed E-state index contributed by atoms with van der Waals surface area (Å²) in [5.74, 6) is 0.109. The van der Waals surface area contributed by atoms with Gasteiger partial charge in [-0.25, -0.2) is 14.5 Å². The average Bonchev–Trinajstić information content (AvgIpc) is 3.50. The summed E-state index contributed by atoms with van der Waals surface area (Å²) in [6, 6.07) is 7.53. The summed E-state index contributed by atoms with van der Waals surface area (Å²) in [6.07, 6.45) is -5.18. The smallest absolute Gasteiger partial charge is 0.417 e. The lowest BCUT2D eigenvalue weighted by atomic mass is 10.1. The predicted octanol–water partition coefficient (Wildman–Crippen LogP) is 3.38. The molecule has 9 nitrogen and oxygen atoms in total. The number of nitriles is 1. The number of ether oxygens (including phenoxy) is 2. The van der Waals surface area contributed by atoms with Gasteiger partial charge in [-0.05, 0) is 48.9 Å². The van der Waals surface area contributed by atoms with E-state index >= 15 is 0 Å². The standard InChI is InChI=1S/C23H17F3N4O5/c1-34-15-4-6-16(7-5-15)35-22(33)28-11-14-9-18(28)19-20(31)30(21(32)29(14)19)13-3-2-12(10-27)17(8-13)23(24,25)26/h2-8,14,18-19H,9,11H2,1H3/t14-,18?,19-/m1/s1. The van der Waals surface area contributed by atoms with Crippen molar-refractivity contribution in [1.29, 1.82) is 5.26 Å². The first-order valence-electron chi connectivity index (χ1n) is 10.5. The van der Waals surface area contributed by atoms with E-state index in [0.717, 1.165) is 12.1 Å². The van der Waals surface area contributed by atoms with Gasteiger partial charge in [-0.2, -0.15) is 18.4 Å². The number of methoxy groups -OCH3 is 1. The Kier molecular flexibility index (Phi) is 5.08. The average molecular weight is 486 g/mol. The number of piperazine rings is 1. The van der Waals surface area contributed by atoms with Crippen LogP contribution in [0, 0.1) is 11.3 Å². The van der Waals surface area contributed by atoms with E-state index in [-0.39, 0.29) is 18.0 Å². The van der Waals surface area contributed by atoms with Crippen LogP contribution in [0.1, 0.15) is 17.5 Å². The molecule has 0 radical (unpaired) electrons. The first kappa shape index (κ1) is 22.5. The number of amides is 4. The SMILES string of the molecule is COc1ccc(OC(=O)N2C[C@H]3CC2[C@@H]2C(=O)N(c4ccc(C#N)c(C(F)(F)F)c4)C(=O)N32)cc1. The molecular weight excluding hydrogens is 469 g/mol. The molecule has 0 saturated carbocycles. The molecule has 4 amide bonds. The number of likely N-dealkylation sites (tertiary alicyclic amines) is 1. The van der Waals surface area contributed by atoms with Gasteiger partial charge in [0.05, 0.1) is 42.1 Å². The highest BCUT2D eigenvalue weighted by molar-refractivity contribution is 6.22. The molecule has 5 rings (SSSR count). The molecule has 0 aromatic heterocycles. The molecule has 35 heavy (non-hydrogen) atoms. The summed E-state index contributed by atoms with van der Waals surface area (Å²) in [6.45, 7) is 0.129. The summed E-state index contributed by atoms with van der Waals surface area (Å²) in [7, 11) is 1.50. The molecule has 180 valence electrons. The second kappa shape index (κ2) is 7.90. The topological polar surface area (TPSA) is 103 Å². The third-order valence-electron chi connectivity index (χ3n) is 6.45. The third kappa shape index (κ3) is 3.51.